The fourth-order valence-corrected chi connectivity index (χ4v) is 9.19. The molecule has 0 atom stereocenters. The highest BCUT2D eigenvalue weighted by Gasteiger charge is 2.33. The molecule has 3 heteroatoms. The van der Waals surface area contributed by atoms with Crippen LogP contribution in [-0.4, -0.2) is 16.9 Å². The third-order valence-corrected chi connectivity index (χ3v) is 11.0. The molecule has 0 aliphatic heterocycles. The summed E-state index contributed by atoms with van der Waals surface area (Å²) in [4.78, 5) is 2.84. The zero-order chi connectivity index (χ0) is 14.6. The van der Waals surface area contributed by atoms with Crippen LogP contribution in [0.1, 0.15) is 20.8 Å². The molecule has 2 aromatic carbocycles. The van der Waals surface area contributed by atoms with Gasteiger partial charge in [0.05, 0.1) is 0 Å². The average Bonchev–Trinajstić information content (AvgIpc) is 2.49. The van der Waals surface area contributed by atoms with Crippen molar-refractivity contribution in [2.24, 2.45) is 0 Å². The Hall–Kier alpha value is -0.520. The molecule has 0 aliphatic carbocycles. The van der Waals surface area contributed by atoms with Gasteiger partial charge >= 0.3 is 0 Å². The van der Waals surface area contributed by atoms with Gasteiger partial charge in [-0.05, 0) is 59.3 Å². The van der Waals surface area contributed by atoms with Crippen molar-refractivity contribution in [3.8, 4) is 0 Å². The summed E-state index contributed by atoms with van der Waals surface area (Å²) in [7, 11) is -1.18. The largest absolute Gasteiger partial charge is 0.250 e. The smallest absolute Gasteiger partial charge is 0.0160 e. The molecule has 2 rings (SSSR count). The molecule has 0 fully saturated rings. The molecule has 0 heterocycles. The SMILES string of the molecule is CCN(C(C)C)S(I)(c1ccccc1)c1ccccc1. The Morgan fingerprint density at radius 1 is 0.900 bits per heavy atom. The van der Waals surface area contributed by atoms with E-state index in [1.54, 1.807) is 0 Å². The lowest BCUT2D eigenvalue weighted by Crippen LogP contribution is -2.31. The Morgan fingerprint density at radius 3 is 1.60 bits per heavy atom. The maximum absolute atomic E-state index is 2.69. The second-order valence-corrected chi connectivity index (χ2v) is 11.2. The highest BCUT2D eigenvalue weighted by molar-refractivity contribution is 14.2. The number of benzene rings is 2. The number of hydrogen-bond donors (Lipinski definition) is 0. The minimum absolute atomic E-state index is 0.521. The van der Waals surface area contributed by atoms with E-state index in [0.29, 0.717) is 6.04 Å². The molecular weight excluding hydrogens is 377 g/mol. The number of nitrogens with zero attached hydrogens (tertiary/aromatic N) is 1. The van der Waals surface area contributed by atoms with Crippen molar-refractivity contribution in [3.63, 3.8) is 0 Å². The molecule has 0 spiro atoms. The first-order valence-corrected chi connectivity index (χ1v) is 11.1. The molecular formula is C17H22INS. The van der Waals surface area contributed by atoms with Crippen LogP contribution in [0.4, 0.5) is 0 Å². The molecule has 0 N–H and O–H groups in total. The van der Waals surface area contributed by atoms with Crippen LogP contribution in [0.3, 0.4) is 0 Å². The van der Waals surface area contributed by atoms with Crippen LogP contribution in [0.5, 0.6) is 0 Å². The summed E-state index contributed by atoms with van der Waals surface area (Å²) >= 11 is 2.69. The second-order valence-electron chi connectivity index (χ2n) is 4.96. The van der Waals surface area contributed by atoms with Gasteiger partial charge in [-0.15, -0.1) is 0 Å². The normalized spacial score (nSPS) is 12.9. The van der Waals surface area contributed by atoms with Gasteiger partial charge in [0.2, 0.25) is 0 Å². The van der Waals surface area contributed by atoms with Crippen LogP contribution in [0.25, 0.3) is 0 Å². The van der Waals surface area contributed by atoms with Crippen molar-refractivity contribution in [3.05, 3.63) is 60.7 Å². The van der Waals surface area contributed by atoms with Gasteiger partial charge in [0, 0.05) is 22.4 Å². The number of halogens is 1. The molecule has 0 unspecified atom stereocenters. The summed E-state index contributed by atoms with van der Waals surface area (Å²) in [5.74, 6) is 0. The fourth-order valence-electron chi connectivity index (χ4n) is 2.44. The zero-order valence-corrected chi connectivity index (χ0v) is 15.3. The van der Waals surface area contributed by atoms with Gasteiger partial charge in [-0.25, -0.2) is 4.31 Å². The van der Waals surface area contributed by atoms with E-state index < -0.39 is 7.39 Å². The van der Waals surface area contributed by atoms with E-state index in [1.165, 1.54) is 9.79 Å². The first-order valence-electron chi connectivity index (χ1n) is 7.00. The van der Waals surface area contributed by atoms with Gasteiger partial charge in [-0.1, -0.05) is 50.7 Å². The molecule has 0 radical (unpaired) electrons. The van der Waals surface area contributed by atoms with Gasteiger partial charge in [0.25, 0.3) is 0 Å². The van der Waals surface area contributed by atoms with Crippen molar-refractivity contribution in [2.45, 2.75) is 36.6 Å². The highest BCUT2D eigenvalue weighted by atomic mass is 127. The lowest BCUT2D eigenvalue weighted by Gasteiger charge is -2.46. The molecule has 1 nitrogen and oxygen atoms in total. The molecule has 20 heavy (non-hydrogen) atoms. The Kier molecular flexibility index (Phi) is 5.52. The maximum Gasteiger partial charge on any atom is 0.0160 e. The number of rotatable bonds is 5. The van der Waals surface area contributed by atoms with E-state index in [4.69, 9.17) is 0 Å². The Bertz CT molecular complexity index is 488. The molecule has 0 saturated heterocycles. The summed E-state index contributed by atoms with van der Waals surface area (Å²) < 4.78 is 2.62. The van der Waals surface area contributed by atoms with Crippen LogP contribution < -0.4 is 0 Å². The Morgan fingerprint density at radius 2 is 1.30 bits per heavy atom. The molecule has 0 aliphatic rings. The second kappa shape index (κ2) is 6.96. The van der Waals surface area contributed by atoms with E-state index >= 15 is 0 Å². The van der Waals surface area contributed by atoms with E-state index in [-0.39, 0.29) is 0 Å². The quantitative estimate of drug-likeness (QED) is 0.566. The van der Waals surface area contributed by atoms with Gasteiger partial charge in [0.1, 0.15) is 0 Å². The topological polar surface area (TPSA) is 3.24 Å². The fraction of sp³-hybridized carbons (Fsp3) is 0.294. The van der Waals surface area contributed by atoms with Gasteiger partial charge in [-0.3, -0.25) is 0 Å². The third-order valence-electron chi connectivity index (χ3n) is 3.32. The van der Waals surface area contributed by atoms with Crippen molar-refractivity contribution in [1.82, 2.24) is 4.31 Å². The predicted octanol–water partition coefficient (Wildman–Crippen LogP) is 5.90. The maximum atomic E-state index is 2.69. The Balaban J connectivity index is 2.60. The third kappa shape index (κ3) is 3.05. The first kappa shape index (κ1) is 15.9. The predicted molar refractivity (Wildman–Crippen MR) is 98.5 cm³/mol. The van der Waals surface area contributed by atoms with Crippen LogP contribution in [0.2, 0.25) is 0 Å². The highest BCUT2D eigenvalue weighted by Crippen LogP contribution is 2.71. The van der Waals surface area contributed by atoms with Gasteiger partial charge in [-0.2, -0.15) is 0 Å². The summed E-state index contributed by atoms with van der Waals surface area (Å²) in [6, 6.07) is 22.3. The van der Waals surface area contributed by atoms with Crippen LogP contribution >= 0.6 is 28.6 Å². The zero-order valence-electron chi connectivity index (χ0n) is 12.3. The van der Waals surface area contributed by atoms with E-state index in [9.17, 15) is 0 Å². The summed E-state index contributed by atoms with van der Waals surface area (Å²) in [5.41, 5.74) is 0. The van der Waals surface area contributed by atoms with Crippen molar-refractivity contribution in [1.29, 1.82) is 0 Å². The standard InChI is InChI=1S/C17H22INS/c1-4-19(15(2)3)20(18,16-11-7-5-8-12-16)17-13-9-6-10-14-17/h5-15H,4H2,1-3H3. The van der Waals surface area contributed by atoms with Crippen LogP contribution in [-0.2, 0) is 0 Å². The summed E-state index contributed by atoms with van der Waals surface area (Å²) in [5, 5.41) is 0. The molecule has 0 saturated carbocycles. The summed E-state index contributed by atoms with van der Waals surface area (Å²) in [6.07, 6.45) is 0. The lowest BCUT2D eigenvalue weighted by atomic mass is 10.4. The van der Waals surface area contributed by atoms with E-state index in [1.807, 2.05) is 0 Å². The van der Waals surface area contributed by atoms with Gasteiger partial charge in [0.15, 0.2) is 0 Å². The van der Waals surface area contributed by atoms with Gasteiger partial charge < -0.3 is 0 Å². The minimum atomic E-state index is -1.18. The molecule has 0 aromatic heterocycles. The average molecular weight is 399 g/mol. The molecule has 108 valence electrons. The first-order chi connectivity index (χ1) is 9.60. The van der Waals surface area contributed by atoms with Crippen molar-refractivity contribution >= 4 is 28.6 Å². The van der Waals surface area contributed by atoms with Crippen LogP contribution in [0.15, 0.2) is 70.5 Å². The summed E-state index contributed by atoms with van der Waals surface area (Å²) in [6.45, 7) is 7.89. The molecule has 0 bridgehead atoms. The van der Waals surface area contributed by atoms with E-state index in [0.717, 1.165) is 6.54 Å². The molecule has 0 amide bonds. The van der Waals surface area contributed by atoms with E-state index in [2.05, 4.69) is 107 Å². The van der Waals surface area contributed by atoms with Crippen molar-refractivity contribution in [2.75, 3.05) is 6.54 Å². The monoisotopic (exact) mass is 399 g/mol. The number of hydrogen-bond acceptors (Lipinski definition) is 1. The Labute approximate surface area is 136 Å². The lowest BCUT2D eigenvalue weighted by molar-refractivity contribution is 0.408. The molecule has 2 aromatic rings. The van der Waals surface area contributed by atoms with Crippen molar-refractivity contribution < 1.29 is 0 Å². The van der Waals surface area contributed by atoms with Crippen LogP contribution in [0, 0.1) is 0 Å². The minimum Gasteiger partial charge on any atom is -0.250 e.